The highest BCUT2D eigenvalue weighted by Crippen LogP contribution is 2.48. The van der Waals surface area contributed by atoms with Crippen LogP contribution in [-0.4, -0.2) is 124 Å². The molecule has 6 aliphatic heterocycles. The van der Waals surface area contributed by atoms with Gasteiger partial charge in [0.2, 0.25) is 0 Å². The van der Waals surface area contributed by atoms with Gasteiger partial charge in [-0.15, -0.1) is 13.2 Å². The highest BCUT2D eigenvalue weighted by atomic mass is 16.6. The first-order valence-corrected chi connectivity index (χ1v) is 40.1. The standard InChI is InChI=1S/C27H31NO3.C26H27NO3.C24H23NO3.C24H25NO2/c1-8-18-13-22-23-14-25(30-7)17(3)12-21(23)20-11-16(2)9-10-19(20)24(22)15-28(18)26(29)31-27(4,5)6;1-7-18-12-22-23-13-25(30-6)16(3)11-21(23)20-10-15(2)8-9-19(20)24(22)14-27(18)26(28)17(4)29-5;1-13-5-6-16-17(7-13)18-8-14(2)22(27-3)11-20(18)19-9-15-10-23(28-4)24(26)25(15)12-21(16)19;1-14-5-6-18-19(7-14)20-8-15(2)24(27-4)11-22(20)21-10-16-9-17(26-3)12-25(16)13-23(18)21/h8-12,14,18H,1,13,15H2,2-7H3;7-11,13,18H,1,4,12,14H2,2-3,5-6H3;5-8,10-11,15H,9,12H2,1-4H3;5-9,11,16H,10,12-13H2,1-4H3/t2*18-;15-;16-/m1101/s1. The van der Waals surface area contributed by atoms with Crippen molar-refractivity contribution in [3.8, 4) is 23.0 Å². The average Bonchev–Trinajstić information content (AvgIpc) is 1.12. The van der Waals surface area contributed by atoms with Crippen molar-refractivity contribution in [3.63, 3.8) is 0 Å². The van der Waals surface area contributed by atoms with Crippen LogP contribution < -0.4 is 18.9 Å². The van der Waals surface area contributed by atoms with Gasteiger partial charge in [0.15, 0.2) is 11.5 Å². The number of amides is 3. The summed E-state index contributed by atoms with van der Waals surface area (Å²) in [6.45, 7) is 37.8. The summed E-state index contributed by atoms with van der Waals surface area (Å²) in [5, 5.41) is 19.9. The summed E-state index contributed by atoms with van der Waals surface area (Å²) in [7, 11) is 11.7. The number of aryl methyl sites for hydroxylation is 8. The van der Waals surface area contributed by atoms with E-state index < -0.39 is 5.60 Å². The Kier molecular flexibility index (Phi) is 21.5. The van der Waals surface area contributed by atoms with Crippen molar-refractivity contribution in [3.05, 3.63) is 272 Å². The van der Waals surface area contributed by atoms with Gasteiger partial charge in [0.1, 0.15) is 34.4 Å². The Morgan fingerprint density at radius 3 is 1.10 bits per heavy atom. The molecular formula is C101H106N4O11. The van der Waals surface area contributed by atoms with E-state index in [9.17, 15) is 14.4 Å². The van der Waals surface area contributed by atoms with Gasteiger partial charge < -0.3 is 47.7 Å². The van der Waals surface area contributed by atoms with Crippen LogP contribution in [0.15, 0.2) is 183 Å². The maximum atomic E-state index is 13.0. The minimum absolute atomic E-state index is 0.0139. The number of fused-ring (bicyclic) bond motifs is 26. The van der Waals surface area contributed by atoms with Gasteiger partial charge in [-0.25, -0.2) is 4.79 Å². The lowest BCUT2D eigenvalue weighted by Crippen LogP contribution is -2.45. The molecule has 0 bridgehead atoms. The molecule has 0 saturated heterocycles. The number of nitrogens with zero attached hydrogens (tertiary/aromatic N) is 4. The molecule has 0 aliphatic carbocycles. The minimum atomic E-state index is -0.545. The van der Waals surface area contributed by atoms with Crippen LogP contribution in [0.4, 0.5) is 4.79 Å². The monoisotopic (exact) mass is 1550 g/mol. The number of carbonyl (C=O) groups excluding carboxylic acids is 3. The van der Waals surface area contributed by atoms with Gasteiger partial charge in [0, 0.05) is 25.7 Å². The van der Waals surface area contributed by atoms with Crippen molar-refractivity contribution in [2.45, 2.75) is 158 Å². The lowest BCUT2D eigenvalue weighted by atomic mass is 9.84. The Balaban J connectivity index is 0.000000122. The Morgan fingerprint density at radius 2 is 0.741 bits per heavy atom. The minimum Gasteiger partial charge on any atom is -0.500 e. The first-order valence-electron chi connectivity index (χ1n) is 40.1. The molecule has 12 aromatic carbocycles. The largest absolute Gasteiger partial charge is 0.500 e. The van der Waals surface area contributed by atoms with Crippen LogP contribution in [0.1, 0.15) is 110 Å². The number of carbonyl (C=O) groups is 3. The molecule has 0 aromatic heterocycles. The molecule has 0 N–H and O–H groups in total. The van der Waals surface area contributed by atoms with E-state index in [1.807, 2.05) is 43.9 Å². The topological polar surface area (TPSA) is 138 Å². The summed E-state index contributed by atoms with van der Waals surface area (Å²) in [6.07, 6.45) is 10.8. The first kappa shape index (κ1) is 79.4. The Labute approximate surface area is 680 Å². The molecule has 0 spiro atoms. The van der Waals surface area contributed by atoms with Gasteiger partial charge in [-0.3, -0.25) is 19.4 Å². The average molecular weight is 1550 g/mol. The zero-order chi connectivity index (χ0) is 82.4. The van der Waals surface area contributed by atoms with Gasteiger partial charge in [-0.1, -0.05) is 114 Å². The van der Waals surface area contributed by atoms with Crippen molar-refractivity contribution in [1.29, 1.82) is 0 Å². The van der Waals surface area contributed by atoms with Gasteiger partial charge in [0.25, 0.3) is 11.8 Å². The fraction of sp³-hybridized carbons (Fsp3) is 0.317. The summed E-state index contributed by atoms with van der Waals surface area (Å²) >= 11 is 0. The van der Waals surface area contributed by atoms with Crippen LogP contribution in [0.5, 0.6) is 23.0 Å². The molecule has 18 rings (SSSR count). The molecule has 6 heterocycles. The number of rotatable bonds is 10. The highest BCUT2D eigenvalue weighted by molar-refractivity contribution is 6.16. The molecule has 0 fully saturated rings. The predicted octanol–water partition coefficient (Wildman–Crippen LogP) is 21.0. The first-order chi connectivity index (χ1) is 55.6. The van der Waals surface area contributed by atoms with Crippen molar-refractivity contribution in [1.82, 2.24) is 19.6 Å². The lowest BCUT2D eigenvalue weighted by Gasteiger charge is -2.37. The van der Waals surface area contributed by atoms with E-state index in [1.165, 1.54) is 166 Å². The third kappa shape index (κ3) is 14.2. The normalized spacial score (nSPS) is 17.3. The molecule has 0 unspecified atom stereocenters. The third-order valence-electron chi connectivity index (χ3n) is 24.7. The maximum absolute atomic E-state index is 13.0. The van der Waals surface area contributed by atoms with E-state index in [4.69, 9.17) is 37.9 Å². The molecule has 0 saturated carbocycles. The van der Waals surface area contributed by atoms with E-state index in [0.717, 1.165) is 71.4 Å². The van der Waals surface area contributed by atoms with E-state index in [-0.39, 0.29) is 41.8 Å². The quantitative estimate of drug-likeness (QED) is 0.0557. The van der Waals surface area contributed by atoms with Crippen LogP contribution in [0.25, 0.3) is 86.2 Å². The highest BCUT2D eigenvalue weighted by Gasteiger charge is 2.40. The van der Waals surface area contributed by atoms with Crippen molar-refractivity contribution < 1.29 is 52.3 Å². The number of methoxy groups -OCH3 is 7. The fourth-order valence-corrected chi connectivity index (χ4v) is 18.8. The van der Waals surface area contributed by atoms with Gasteiger partial charge in [0.05, 0.1) is 81.0 Å². The van der Waals surface area contributed by atoms with E-state index in [1.54, 1.807) is 52.5 Å². The molecule has 0 radical (unpaired) electrons. The SMILES string of the molecule is C=C[C@@H]1Cc2c(c3ccc(C)cc3c3cc(C)c(OC)cc23)CN1C(=O)C(=C)OC.C=C[C@@H]1Cc2c(c3ccc(C)cc3c3cc(C)c(OC)cc23)CN1C(=O)OC(C)(C)C.COC1=C[C@@H]2Cc3c(c4ccc(C)cc4c4cc(C)c(OC)cc34)CN2C1.COC1=C[C@@H]2Cc3c(c4ccc(C)cc4c4cc(C)c(OC)cc34)CN2C1=O. The Hall–Kier alpha value is -11.8. The fourth-order valence-electron chi connectivity index (χ4n) is 18.8. The zero-order valence-electron chi connectivity index (χ0n) is 70.4. The zero-order valence-corrected chi connectivity index (χ0v) is 70.4. The second-order valence-electron chi connectivity index (χ2n) is 33.1. The van der Waals surface area contributed by atoms with Crippen LogP contribution in [0, 0.1) is 55.4 Å². The summed E-state index contributed by atoms with van der Waals surface area (Å²) in [5.41, 5.74) is 19.3. The number of hydrogen-bond donors (Lipinski definition) is 0. The number of hydrogen-bond acceptors (Lipinski definition) is 12. The summed E-state index contributed by atoms with van der Waals surface area (Å²) < 4.78 is 44.2. The molecule has 15 heteroatoms. The van der Waals surface area contributed by atoms with Crippen molar-refractivity contribution in [2.24, 2.45) is 0 Å². The molecule has 15 nitrogen and oxygen atoms in total. The van der Waals surface area contributed by atoms with Crippen LogP contribution in [0.3, 0.4) is 0 Å². The third-order valence-corrected chi connectivity index (χ3v) is 24.7. The van der Waals surface area contributed by atoms with Crippen LogP contribution in [-0.2, 0) is 80.4 Å². The predicted molar refractivity (Wildman–Crippen MR) is 470 cm³/mol. The molecule has 6 aliphatic rings. The van der Waals surface area contributed by atoms with E-state index in [2.05, 4.69) is 207 Å². The molecule has 3 amide bonds. The van der Waals surface area contributed by atoms with Gasteiger partial charge in [-0.2, -0.15) is 0 Å². The second-order valence-corrected chi connectivity index (χ2v) is 33.1. The molecule has 116 heavy (non-hydrogen) atoms. The number of benzene rings is 12. The number of ether oxygens (including phenoxy) is 8. The molecule has 596 valence electrons. The molecule has 12 aromatic rings. The maximum Gasteiger partial charge on any atom is 0.411 e. The summed E-state index contributed by atoms with van der Waals surface area (Å²) in [6, 6.07) is 44.5. The van der Waals surface area contributed by atoms with E-state index >= 15 is 0 Å². The Morgan fingerprint density at radius 1 is 0.388 bits per heavy atom. The summed E-state index contributed by atoms with van der Waals surface area (Å²) in [5.74, 6) is 5.10. The smallest absolute Gasteiger partial charge is 0.411 e. The van der Waals surface area contributed by atoms with Gasteiger partial charge in [-0.05, 0) is 315 Å². The van der Waals surface area contributed by atoms with Crippen LogP contribution >= 0.6 is 0 Å². The Bertz CT molecular complexity index is 6220. The van der Waals surface area contributed by atoms with E-state index in [0.29, 0.717) is 44.3 Å². The van der Waals surface area contributed by atoms with Crippen molar-refractivity contribution >= 4 is 104 Å². The summed E-state index contributed by atoms with van der Waals surface area (Å²) in [4.78, 5) is 46.7. The second kappa shape index (κ2) is 31.4. The van der Waals surface area contributed by atoms with Crippen molar-refractivity contribution in [2.75, 3.05) is 56.3 Å². The van der Waals surface area contributed by atoms with Crippen LogP contribution in [0.2, 0.25) is 0 Å². The molecular weight excluding hydrogens is 1450 g/mol. The lowest BCUT2D eigenvalue weighted by molar-refractivity contribution is -0.133. The van der Waals surface area contributed by atoms with Gasteiger partial charge >= 0.3 is 6.09 Å². The molecule has 4 atom stereocenters.